The maximum absolute atomic E-state index is 13.9. The van der Waals surface area contributed by atoms with Gasteiger partial charge in [-0.1, -0.05) is 0 Å². The third-order valence-electron chi connectivity index (χ3n) is 6.70. The quantitative estimate of drug-likeness (QED) is 0.332. The highest BCUT2D eigenvalue weighted by atomic mass is 19.4. The minimum Gasteiger partial charge on any atom is -0.393 e. The molecule has 35 heavy (non-hydrogen) atoms. The van der Waals surface area contributed by atoms with E-state index in [0.29, 0.717) is 16.9 Å². The molecule has 0 aliphatic heterocycles. The Morgan fingerprint density at radius 3 is 2.26 bits per heavy atom. The molecule has 2 aromatic rings. The summed E-state index contributed by atoms with van der Waals surface area (Å²) in [6.07, 6.45) is -7.14. The van der Waals surface area contributed by atoms with E-state index < -0.39 is 54.1 Å². The lowest BCUT2D eigenvalue weighted by Gasteiger charge is -2.40. The highest BCUT2D eigenvalue weighted by molar-refractivity contribution is 6.43. The Bertz CT molecular complexity index is 1180. The van der Waals surface area contributed by atoms with Gasteiger partial charge in [0.05, 0.1) is 17.4 Å². The summed E-state index contributed by atoms with van der Waals surface area (Å²) in [4.78, 5) is 38.7. The van der Waals surface area contributed by atoms with Gasteiger partial charge in [-0.15, -0.1) is 0 Å². The highest BCUT2D eigenvalue weighted by Crippen LogP contribution is 2.41. The van der Waals surface area contributed by atoms with Crippen LogP contribution in [0.15, 0.2) is 18.2 Å². The van der Waals surface area contributed by atoms with Crippen molar-refractivity contribution in [2.45, 2.75) is 64.3 Å². The fourth-order valence-corrected chi connectivity index (χ4v) is 4.51. The Kier molecular flexibility index (Phi) is 7.12. The van der Waals surface area contributed by atoms with Gasteiger partial charge in [-0.2, -0.15) is 13.2 Å². The minimum atomic E-state index is -4.82. The number of nitrogens with one attached hydrogen (secondary N) is 2. The van der Waals surface area contributed by atoms with Crippen molar-refractivity contribution in [2.75, 3.05) is 5.32 Å². The van der Waals surface area contributed by atoms with E-state index in [1.807, 2.05) is 5.32 Å². The summed E-state index contributed by atoms with van der Waals surface area (Å²) in [6.45, 7) is 4.49. The largest absolute Gasteiger partial charge is 0.411 e. The number of Topliss-reactive ketones (excluding diaryl/α,β-unsaturated/α-hetero) is 1. The molecule has 1 aliphatic rings. The lowest BCUT2D eigenvalue weighted by Crippen LogP contribution is -2.62. The third-order valence-corrected chi connectivity index (χ3v) is 6.70. The lowest BCUT2D eigenvalue weighted by atomic mass is 9.79. The van der Waals surface area contributed by atoms with E-state index in [1.165, 1.54) is 50.6 Å². The molecule has 1 heterocycles. The van der Waals surface area contributed by atoms with Gasteiger partial charge in [0.25, 0.3) is 17.6 Å². The van der Waals surface area contributed by atoms with Crippen LogP contribution < -0.4 is 10.6 Å². The van der Waals surface area contributed by atoms with Gasteiger partial charge in [-0.05, 0) is 75.8 Å². The van der Waals surface area contributed by atoms with E-state index in [-0.39, 0.29) is 29.7 Å². The predicted molar refractivity (Wildman–Crippen MR) is 120 cm³/mol. The summed E-state index contributed by atoms with van der Waals surface area (Å²) in [5, 5.41) is 14.1. The second-order valence-electron chi connectivity index (χ2n) is 9.01. The van der Waals surface area contributed by atoms with E-state index in [2.05, 4.69) is 5.32 Å². The molecule has 2 amide bonds. The molecule has 0 atom stereocenters. The van der Waals surface area contributed by atoms with Gasteiger partial charge in [0, 0.05) is 18.4 Å². The molecule has 0 spiro atoms. The smallest absolute Gasteiger partial charge is 0.393 e. The molecular formula is C24H27F4N3O4. The summed E-state index contributed by atoms with van der Waals surface area (Å²) < 4.78 is 56.4. The molecule has 0 bridgehead atoms. The van der Waals surface area contributed by atoms with E-state index in [4.69, 9.17) is 0 Å². The zero-order valence-corrected chi connectivity index (χ0v) is 19.8. The molecule has 3 N–H and O–H groups in total. The normalized spacial score (nSPS) is 20.4. The Morgan fingerprint density at radius 1 is 1.11 bits per heavy atom. The molecule has 1 fully saturated rings. The first-order valence-electron chi connectivity index (χ1n) is 11.0. The second kappa shape index (κ2) is 9.44. The molecule has 1 aliphatic carbocycles. The van der Waals surface area contributed by atoms with Crippen LogP contribution >= 0.6 is 0 Å². The zero-order valence-electron chi connectivity index (χ0n) is 19.8. The number of nitrogens with zero attached hydrogens (tertiary/aromatic N) is 1. The lowest BCUT2D eigenvalue weighted by molar-refractivity contribution is -0.209. The van der Waals surface area contributed by atoms with E-state index in [1.54, 1.807) is 0 Å². The zero-order chi connectivity index (χ0) is 26.3. The average Bonchev–Trinajstić information content (AvgIpc) is 2.99. The number of amides is 2. The Hall–Kier alpha value is -3.21. The number of hydrogen-bond acceptors (Lipinski definition) is 4. The van der Waals surface area contributed by atoms with Gasteiger partial charge in [0.2, 0.25) is 0 Å². The molecule has 0 radical (unpaired) electrons. The van der Waals surface area contributed by atoms with E-state index >= 15 is 0 Å². The number of aliphatic hydroxyl groups excluding tert-OH is 1. The van der Waals surface area contributed by atoms with Crippen LogP contribution in [-0.2, 0) is 11.8 Å². The number of aryl methyl sites for hydroxylation is 1. The number of aromatic nitrogens is 1. The Balaban J connectivity index is 1.89. The minimum absolute atomic E-state index is 0.0805. The maximum Gasteiger partial charge on any atom is 0.411 e. The van der Waals surface area contributed by atoms with Crippen molar-refractivity contribution in [3.8, 4) is 0 Å². The summed E-state index contributed by atoms with van der Waals surface area (Å²) in [6, 6.07) is 3.98. The van der Waals surface area contributed by atoms with Gasteiger partial charge < -0.3 is 20.3 Å². The van der Waals surface area contributed by atoms with Gasteiger partial charge in [-0.3, -0.25) is 14.4 Å². The summed E-state index contributed by atoms with van der Waals surface area (Å²) in [5.41, 5.74) is -1.68. The molecule has 7 nitrogen and oxygen atoms in total. The van der Waals surface area contributed by atoms with Crippen LogP contribution in [0.3, 0.4) is 0 Å². The van der Waals surface area contributed by atoms with Crippen LogP contribution in [-0.4, -0.2) is 45.1 Å². The number of halogens is 4. The van der Waals surface area contributed by atoms with Crippen molar-refractivity contribution in [2.24, 2.45) is 7.05 Å². The van der Waals surface area contributed by atoms with Crippen molar-refractivity contribution >= 4 is 23.3 Å². The maximum atomic E-state index is 13.9. The standard InChI is InChI=1S/C24H27F4N3O4/c1-12-11-15(5-6-17(12)25)29-21(34)18-13(2)19(31(4)14(18)3)20(33)22(35)30-23(24(26,27)28)9-7-16(32)8-10-23/h5-6,11,16,32H,7-10H2,1-4H3,(H,29,34)(H,30,35)/t16-,23+. The highest BCUT2D eigenvalue weighted by Gasteiger charge is 2.57. The van der Waals surface area contributed by atoms with Gasteiger partial charge in [0.15, 0.2) is 0 Å². The van der Waals surface area contributed by atoms with Crippen molar-refractivity contribution in [1.82, 2.24) is 9.88 Å². The van der Waals surface area contributed by atoms with Crippen LogP contribution in [0, 0.1) is 26.6 Å². The number of carbonyl (C=O) groups is 3. The van der Waals surface area contributed by atoms with Crippen molar-refractivity contribution < 1.29 is 37.1 Å². The number of ketones is 1. The summed E-state index contributed by atoms with van der Waals surface area (Å²) >= 11 is 0. The number of alkyl halides is 3. The number of benzene rings is 1. The van der Waals surface area contributed by atoms with Crippen LogP contribution in [0.4, 0.5) is 23.2 Å². The molecule has 0 unspecified atom stereocenters. The van der Waals surface area contributed by atoms with E-state index in [9.17, 15) is 37.1 Å². The Morgan fingerprint density at radius 2 is 1.71 bits per heavy atom. The van der Waals surface area contributed by atoms with Gasteiger partial charge in [0.1, 0.15) is 11.4 Å². The molecule has 1 aromatic heterocycles. The first-order valence-corrected chi connectivity index (χ1v) is 11.0. The van der Waals surface area contributed by atoms with Crippen molar-refractivity contribution in [3.05, 3.63) is 52.1 Å². The molecule has 1 aromatic carbocycles. The van der Waals surface area contributed by atoms with Gasteiger partial charge >= 0.3 is 6.18 Å². The molecule has 3 rings (SSSR count). The molecule has 1 saturated carbocycles. The topological polar surface area (TPSA) is 100 Å². The summed E-state index contributed by atoms with van der Waals surface area (Å²) in [5.74, 6) is -3.71. The van der Waals surface area contributed by atoms with Crippen molar-refractivity contribution in [1.29, 1.82) is 0 Å². The SMILES string of the molecule is Cc1cc(NC(=O)c2c(C)c(C(=O)C(=O)N[C@]3(C(F)(F)F)CC[C@H](O)CC3)n(C)c2C)ccc1F. The third kappa shape index (κ3) is 4.95. The molecule has 190 valence electrons. The number of aliphatic hydroxyl groups is 1. The number of anilines is 1. The number of rotatable bonds is 5. The second-order valence-corrected chi connectivity index (χ2v) is 9.01. The fourth-order valence-electron chi connectivity index (χ4n) is 4.51. The van der Waals surface area contributed by atoms with Crippen LogP contribution in [0.25, 0.3) is 0 Å². The number of carbonyl (C=O) groups excluding carboxylic acids is 3. The monoisotopic (exact) mass is 497 g/mol. The van der Waals surface area contributed by atoms with Crippen molar-refractivity contribution in [3.63, 3.8) is 0 Å². The fraction of sp³-hybridized carbons (Fsp3) is 0.458. The van der Waals surface area contributed by atoms with Gasteiger partial charge in [-0.25, -0.2) is 4.39 Å². The van der Waals surface area contributed by atoms with Crippen LogP contribution in [0.1, 0.15) is 63.4 Å². The first kappa shape index (κ1) is 26.4. The van der Waals surface area contributed by atoms with Crippen LogP contribution in [0.2, 0.25) is 0 Å². The molecule has 0 saturated heterocycles. The molecular weight excluding hydrogens is 470 g/mol. The first-order chi connectivity index (χ1) is 16.2. The molecule has 11 heteroatoms. The summed E-state index contributed by atoms with van der Waals surface area (Å²) in [7, 11) is 1.43. The number of hydrogen-bond donors (Lipinski definition) is 3. The Labute approximate surface area is 199 Å². The predicted octanol–water partition coefficient (Wildman–Crippen LogP) is 3.88. The van der Waals surface area contributed by atoms with E-state index in [0.717, 1.165) is 0 Å². The average molecular weight is 497 g/mol. The van der Waals surface area contributed by atoms with Crippen LogP contribution in [0.5, 0.6) is 0 Å².